The molecule has 0 radical (unpaired) electrons. The fourth-order valence-electron chi connectivity index (χ4n) is 2.48. The standard InChI is InChI=1S/C17H24FN3.HI/c1-19-17(20-12-11-14-5-3-2-4-6-14)21-13-15-7-9-16(18)10-8-15;/h5,7-10H,2-4,6,11-13H2,1H3,(H2,19,20,21);1H. The normalized spacial score (nSPS) is 14.8. The van der Waals surface area contributed by atoms with Crippen LogP contribution < -0.4 is 10.6 Å². The molecule has 1 aliphatic rings. The molecular weight excluding hydrogens is 392 g/mol. The molecule has 122 valence electrons. The molecule has 2 N–H and O–H groups in total. The molecule has 0 heterocycles. The lowest BCUT2D eigenvalue weighted by Gasteiger charge is -2.15. The molecule has 0 spiro atoms. The molecule has 0 amide bonds. The number of benzene rings is 1. The Morgan fingerprint density at radius 1 is 1.18 bits per heavy atom. The average molecular weight is 417 g/mol. The SMILES string of the molecule is CN=C(NCCC1=CCCCC1)NCc1ccc(F)cc1.I. The minimum Gasteiger partial charge on any atom is -0.356 e. The van der Waals surface area contributed by atoms with Crippen LogP contribution in [0.3, 0.4) is 0 Å². The Balaban J connectivity index is 0.00000242. The second-order valence-electron chi connectivity index (χ2n) is 5.34. The van der Waals surface area contributed by atoms with E-state index in [2.05, 4.69) is 21.7 Å². The monoisotopic (exact) mass is 417 g/mol. The lowest BCUT2D eigenvalue weighted by atomic mass is 9.97. The van der Waals surface area contributed by atoms with E-state index in [1.165, 1.54) is 37.8 Å². The summed E-state index contributed by atoms with van der Waals surface area (Å²) in [5, 5.41) is 6.56. The van der Waals surface area contributed by atoms with E-state index in [0.29, 0.717) is 6.54 Å². The van der Waals surface area contributed by atoms with Gasteiger partial charge < -0.3 is 10.6 Å². The van der Waals surface area contributed by atoms with E-state index in [1.807, 2.05) is 0 Å². The summed E-state index contributed by atoms with van der Waals surface area (Å²) in [6.45, 7) is 1.54. The van der Waals surface area contributed by atoms with E-state index >= 15 is 0 Å². The zero-order valence-corrected chi connectivity index (χ0v) is 15.4. The molecule has 1 aromatic carbocycles. The molecule has 3 nitrogen and oxygen atoms in total. The summed E-state index contributed by atoms with van der Waals surface area (Å²) in [4.78, 5) is 4.20. The molecule has 2 rings (SSSR count). The topological polar surface area (TPSA) is 36.4 Å². The first-order valence-corrected chi connectivity index (χ1v) is 7.65. The maximum Gasteiger partial charge on any atom is 0.191 e. The Morgan fingerprint density at radius 3 is 2.59 bits per heavy atom. The lowest BCUT2D eigenvalue weighted by molar-refractivity contribution is 0.626. The molecule has 0 bridgehead atoms. The fourth-order valence-corrected chi connectivity index (χ4v) is 2.48. The first-order valence-electron chi connectivity index (χ1n) is 7.65. The van der Waals surface area contributed by atoms with Crippen LogP contribution in [0.25, 0.3) is 0 Å². The highest BCUT2D eigenvalue weighted by atomic mass is 127. The molecular formula is C17H25FIN3. The van der Waals surface area contributed by atoms with E-state index in [0.717, 1.165) is 24.5 Å². The lowest BCUT2D eigenvalue weighted by Crippen LogP contribution is -2.37. The van der Waals surface area contributed by atoms with Crippen molar-refractivity contribution in [2.24, 2.45) is 4.99 Å². The molecule has 22 heavy (non-hydrogen) atoms. The third kappa shape index (κ3) is 6.77. The first-order chi connectivity index (χ1) is 10.3. The van der Waals surface area contributed by atoms with Crippen LogP contribution in [-0.4, -0.2) is 19.6 Å². The molecule has 1 aromatic rings. The van der Waals surface area contributed by atoms with Crippen molar-refractivity contribution in [1.29, 1.82) is 0 Å². The van der Waals surface area contributed by atoms with Gasteiger partial charge >= 0.3 is 0 Å². The van der Waals surface area contributed by atoms with Gasteiger partial charge in [-0.25, -0.2) is 4.39 Å². The Morgan fingerprint density at radius 2 is 1.95 bits per heavy atom. The smallest absolute Gasteiger partial charge is 0.191 e. The van der Waals surface area contributed by atoms with Crippen LogP contribution in [0.2, 0.25) is 0 Å². The highest BCUT2D eigenvalue weighted by Gasteiger charge is 2.04. The largest absolute Gasteiger partial charge is 0.356 e. The third-order valence-corrected chi connectivity index (χ3v) is 3.72. The van der Waals surface area contributed by atoms with Crippen LogP contribution in [0.1, 0.15) is 37.7 Å². The summed E-state index contributed by atoms with van der Waals surface area (Å²) in [6.07, 6.45) is 8.58. The number of allylic oxidation sites excluding steroid dienone is 1. The van der Waals surface area contributed by atoms with Crippen molar-refractivity contribution >= 4 is 29.9 Å². The predicted octanol–water partition coefficient (Wildman–Crippen LogP) is 4.00. The van der Waals surface area contributed by atoms with Crippen molar-refractivity contribution in [2.45, 2.75) is 38.6 Å². The minimum absolute atomic E-state index is 0. The average Bonchev–Trinajstić information content (AvgIpc) is 2.53. The number of aliphatic imine (C=N–C) groups is 1. The highest BCUT2D eigenvalue weighted by molar-refractivity contribution is 14.0. The van der Waals surface area contributed by atoms with Gasteiger partial charge in [-0.2, -0.15) is 0 Å². The second kappa shape index (κ2) is 10.6. The highest BCUT2D eigenvalue weighted by Crippen LogP contribution is 2.19. The van der Waals surface area contributed by atoms with Crippen molar-refractivity contribution in [1.82, 2.24) is 10.6 Å². The van der Waals surface area contributed by atoms with E-state index in [-0.39, 0.29) is 29.8 Å². The molecule has 0 fully saturated rings. The van der Waals surface area contributed by atoms with Crippen molar-refractivity contribution in [3.8, 4) is 0 Å². The molecule has 0 unspecified atom stereocenters. The van der Waals surface area contributed by atoms with Crippen molar-refractivity contribution in [3.63, 3.8) is 0 Å². The summed E-state index contributed by atoms with van der Waals surface area (Å²) < 4.78 is 12.8. The molecule has 5 heteroatoms. The summed E-state index contributed by atoms with van der Waals surface area (Å²) in [6, 6.07) is 6.51. The van der Waals surface area contributed by atoms with Crippen LogP contribution in [0.5, 0.6) is 0 Å². The Kier molecular flexibility index (Phi) is 9.11. The summed E-state index contributed by atoms with van der Waals surface area (Å²) in [5.74, 6) is 0.581. The van der Waals surface area contributed by atoms with Gasteiger partial charge in [0.05, 0.1) is 0 Å². The number of guanidine groups is 1. The third-order valence-electron chi connectivity index (χ3n) is 3.72. The molecule has 1 aliphatic carbocycles. The number of halogens is 2. The zero-order valence-electron chi connectivity index (χ0n) is 13.1. The number of nitrogens with zero attached hydrogens (tertiary/aromatic N) is 1. The second-order valence-corrected chi connectivity index (χ2v) is 5.34. The minimum atomic E-state index is -0.206. The van der Waals surface area contributed by atoms with Gasteiger partial charge in [0.2, 0.25) is 0 Å². The van der Waals surface area contributed by atoms with Gasteiger partial charge in [0.15, 0.2) is 5.96 Å². The van der Waals surface area contributed by atoms with Crippen LogP contribution in [0.4, 0.5) is 4.39 Å². The number of nitrogens with one attached hydrogen (secondary N) is 2. The van der Waals surface area contributed by atoms with Crippen LogP contribution in [0, 0.1) is 5.82 Å². The maximum absolute atomic E-state index is 12.8. The predicted molar refractivity (Wildman–Crippen MR) is 101 cm³/mol. The quantitative estimate of drug-likeness (QED) is 0.329. The number of rotatable bonds is 5. The number of hydrogen-bond acceptors (Lipinski definition) is 1. The van der Waals surface area contributed by atoms with E-state index in [1.54, 1.807) is 24.8 Å². The van der Waals surface area contributed by atoms with E-state index in [4.69, 9.17) is 0 Å². The summed E-state index contributed by atoms with van der Waals surface area (Å²) in [5.41, 5.74) is 2.59. The van der Waals surface area contributed by atoms with Gasteiger partial charge in [-0.05, 0) is 49.8 Å². The van der Waals surface area contributed by atoms with Gasteiger partial charge in [-0.3, -0.25) is 4.99 Å². The molecule has 0 aliphatic heterocycles. The maximum atomic E-state index is 12.8. The van der Waals surface area contributed by atoms with Crippen LogP contribution >= 0.6 is 24.0 Å². The van der Waals surface area contributed by atoms with Crippen LogP contribution in [-0.2, 0) is 6.54 Å². The molecule has 0 atom stereocenters. The van der Waals surface area contributed by atoms with E-state index < -0.39 is 0 Å². The van der Waals surface area contributed by atoms with Crippen molar-refractivity contribution in [2.75, 3.05) is 13.6 Å². The van der Waals surface area contributed by atoms with Gasteiger partial charge in [0, 0.05) is 20.1 Å². The fraction of sp³-hybridized carbons (Fsp3) is 0.471. The first kappa shape index (κ1) is 18.9. The van der Waals surface area contributed by atoms with Gasteiger partial charge in [-0.15, -0.1) is 24.0 Å². The van der Waals surface area contributed by atoms with Gasteiger partial charge in [0.1, 0.15) is 5.82 Å². The van der Waals surface area contributed by atoms with Crippen molar-refractivity contribution in [3.05, 3.63) is 47.3 Å². The Bertz CT molecular complexity index is 497. The van der Waals surface area contributed by atoms with Crippen molar-refractivity contribution < 1.29 is 4.39 Å². The summed E-state index contributed by atoms with van der Waals surface area (Å²) in [7, 11) is 1.76. The van der Waals surface area contributed by atoms with Crippen LogP contribution in [0.15, 0.2) is 40.9 Å². The molecule has 0 saturated carbocycles. The van der Waals surface area contributed by atoms with E-state index in [9.17, 15) is 4.39 Å². The number of hydrogen-bond donors (Lipinski definition) is 2. The van der Waals surface area contributed by atoms with Gasteiger partial charge in [-0.1, -0.05) is 23.8 Å². The van der Waals surface area contributed by atoms with Gasteiger partial charge in [0.25, 0.3) is 0 Å². The Hall–Kier alpha value is -1.11. The summed E-state index contributed by atoms with van der Waals surface area (Å²) >= 11 is 0. The molecule has 0 aromatic heterocycles. The zero-order chi connectivity index (χ0) is 14.9. The molecule has 0 saturated heterocycles. The Labute approximate surface area is 149 Å².